The summed E-state index contributed by atoms with van der Waals surface area (Å²) >= 11 is 1.32. The zero-order valence-electron chi connectivity index (χ0n) is 21.7. The fourth-order valence-corrected chi connectivity index (χ4v) is 8.03. The third-order valence-electron chi connectivity index (χ3n) is 7.29. The third kappa shape index (κ3) is 5.04. The molecular formula is C30H26FN3O4S2. The molecule has 0 unspecified atom stereocenters. The van der Waals surface area contributed by atoms with Gasteiger partial charge in [-0.15, -0.1) is 11.3 Å². The number of carbonyl (C=O) groups is 2. The first kappa shape index (κ1) is 26.3. The van der Waals surface area contributed by atoms with Crippen molar-refractivity contribution in [3.8, 4) is 10.4 Å². The van der Waals surface area contributed by atoms with Gasteiger partial charge in [-0.05, 0) is 67.1 Å². The van der Waals surface area contributed by atoms with Gasteiger partial charge in [-0.25, -0.2) is 17.8 Å². The summed E-state index contributed by atoms with van der Waals surface area (Å²) in [5, 5.41) is 2.71. The molecule has 4 heterocycles. The number of aromatic nitrogens is 1. The normalized spacial score (nSPS) is 15.9. The summed E-state index contributed by atoms with van der Waals surface area (Å²) in [5.41, 5.74) is 4.32. The van der Waals surface area contributed by atoms with Gasteiger partial charge in [-0.3, -0.25) is 9.59 Å². The maximum absolute atomic E-state index is 14.3. The Bertz CT molecular complexity index is 1730. The van der Waals surface area contributed by atoms with E-state index in [-0.39, 0.29) is 34.9 Å². The van der Waals surface area contributed by atoms with Gasteiger partial charge in [-0.2, -0.15) is 0 Å². The van der Waals surface area contributed by atoms with Gasteiger partial charge in [0.05, 0.1) is 27.8 Å². The fourth-order valence-electron chi connectivity index (χ4n) is 5.32. The Morgan fingerprint density at radius 3 is 2.62 bits per heavy atom. The molecule has 0 aliphatic carbocycles. The lowest BCUT2D eigenvalue weighted by molar-refractivity contribution is 0.0980. The van der Waals surface area contributed by atoms with Crippen LogP contribution in [0, 0.1) is 18.7 Å². The van der Waals surface area contributed by atoms with Crippen molar-refractivity contribution in [1.82, 2.24) is 4.98 Å². The number of pyridine rings is 1. The van der Waals surface area contributed by atoms with Crippen LogP contribution in [0.25, 0.3) is 10.4 Å². The summed E-state index contributed by atoms with van der Waals surface area (Å²) in [6, 6.07) is 19.3. The predicted molar refractivity (Wildman–Crippen MR) is 154 cm³/mol. The van der Waals surface area contributed by atoms with Gasteiger partial charge in [0.15, 0.2) is 9.84 Å². The van der Waals surface area contributed by atoms with E-state index in [0.29, 0.717) is 41.2 Å². The average Bonchev–Trinajstić information content (AvgIpc) is 3.28. The van der Waals surface area contributed by atoms with Crippen molar-refractivity contribution in [2.24, 2.45) is 5.92 Å². The average molecular weight is 576 g/mol. The summed E-state index contributed by atoms with van der Waals surface area (Å²) in [5.74, 6) is -0.743. The number of aryl methyl sites for hydroxylation is 1. The first-order valence-corrected chi connectivity index (χ1v) is 15.6. The second-order valence-electron chi connectivity index (χ2n) is 10.2. The second-order valence-corrected chi connectivity index (χ2v) is 13.4. The van der Waals surface area contributed by atoms with E-state index >= 15 is 0 Å². The summed E-state index contributed by atoms with van der Waals surface area (Å²) in [7, 11) is -2.92. The van der Waals surface area contributed by atoms with E-state index < -0.39 is 15.7 Å². The highest BCUT2D eigenvalue weighted by molar-refractivity contribution is 7.92. The lowest BCUT2D eigenvalue weighted by atomic mass is 10.1. The third-order valence-corrected chi connectivity index (χ3v) is 10.5. The number of amides is 2. The Kier molecular flexibility index (Phi) is 6.75. The van der Waals surface area contributed by atoms with E-state index in [1.807, 2.05) is 36.4 Å². The lowest BCUT2D eigenvalue weighted by Crippen LogP contribution is -2.38. The Morgan fingerprint density at radius 2 is 1.85 bits per heavy atom. The van der Waals surface area contributed by atoms with Crippen LogP contribution in [0.3, 0.4) is 0 Å². The molecule has 204 valence electrons. The molecule has 10 heteroatoms. The maximum Gasteiger partial charge on any atom is 0.276 e. The Balaban J connectivity index is 1.26. The molecule has 1 fully saturated rings. The van der Waals surface area contributed by atoms with Crippen molar-refractivity contribution in [2.75, 3.05) is 28.3 Å². The summed E-state index contributed by atoms with van der Waals surface area (Å²) in [6.45, 7) is 2.13. The number of fused-ring (bicyclic) bond motifs is 3. The van der Waals surface area contributed by atoms with Crippen LogP contribution >= 0.6 is 11.3 Å². The molecule has 1 saturated heterocycles. The minimum absolute atomic E-state index is 0.0337. The second kappa shape index (κ2) is 10.3. The van der Waals surface area contributed by atoms with Crippen molar-refractivity contribution in [1.29, 1.82) is 0 Å². The van der Waals surface area contributed by atoms with Gasteiger partial charge in [0.25, 0.3) is 11.8 Å². The highest BCUT2D eigenvalue weighted by atomic mass is 32.2. The van der Waals surface area contributed by atoms with Crippen molar-refractivity contribution in [2.45, 2.75) is 19.8 Å². The van der Waals surface area contributed by atoms with E-state index in [0.717, 1.165) is 21.7 Å². The molecule has 2 aromatic heterocycles. The van der Waals surface area contributed by atoms with Crippen LogP contribution in [0.5, 0.6) is 0 Å². The van der Waals surface area contributed by atoms with Crippen LogP contribution < -0.4 is 10.2 Å². The monoisotopic (exact) mass is 575 g/mol. The van der Waals surface area contributed by atoms with Crippen molar-refractivity contribution in [3.63, 3.8) is 0 Å². The molecule has 6 rings (SSSR count). The van der Waals surface area contributed by atoms with E-state index in [9.17, 15) is 22.4 Å². The molecule has 4 aromatic rings. The van der Waals surface area contributed by atoms with E-state index in [1.165, 1.54) is 17.4 Å². The number of rotatable bonds is 5. The predicted octanol–water partition coefficient (Wildman–Crippen LogP) is 5.30. The van der Waals surface area contributed by atoms with Crippen molar-refractivity contribution in [3.05, 3.63) is 99.9 Å². The van der Waals surface area contributed by atoms with E-state index in [4.69, 9.17) is 0 Å². The van der Waals surface area contributed by atoms with Crippen molar-refractivity contribution < 1.29 is 22.4 Å². The number of halogens is 1. The highest BCUT2D eigenvalue weighted by Gasteiger charge is 2.34. The Labute approximate surface area is 235 Å². The molecule has 0 atom stereocenters. The number of sulfone groups is 1. The zero-order chi connectivity index (χ0) is 28.0. The van der Waals surface area contributed by atoms with Gasteiger partial charge < -0.3 is 10.2 Å². The first-order valence-electron chi connectivity index (χ1n) is 13.0. The number of hydrogen-bond donors (Lipinski definition) is 1. The van der Waals surface area contributed by atoms with Crippen LogP contribution in [0.2, 0.25) is 0 Å². The molecule has 0 bridgehead atoms. The van der Waals surface area contributed by atoms with Crippen LogP contribution in [0.1, 0.15) is 37.0 Å². The number of hydrogen-bond acceptors (Lipinski definition) is 6. The van der Waals surface area contributed by atoms with Gasteiger partial charge in [-0.1, -0.05) is 36.4 Å². The fraction of sp³-hybridized carbons (Fsp3) is 0.233. The van der Waals surface area contributed by atoms with Crippen molar-refractivity contribution >= 4 is 44.4 Å². The lowest BCUT2D eigenvalue weighted by Gasteiger charge is -2.25. The number of thiophene rings is 1. The molecule has 2 amide bonds. The van der Waals surface area contributed by atoms with Crippen LogP contribution in [-0.4, -0.2) is 43.3 Å². The molecule has 2 aliphatic heterocycles. The van der Waals surface area contributed by atoms with Gasteiger partial charge in [0.2, 0.25) is 0 Å². The number of benzene rings is 2. The molecule has 7 nitrogen and oxygen atoms in total. The highest BCUT2D eigenvalue weighted by Crippen LogP contribution is 2.42. The van der Waals surface area contributed by atoms with Gasteiger partial charge in [0, 0.05) is 22.7 Å². The minimum Gasteiger partial charge on any atom is -0.319 e. The quantitative estimate of drug-likeness (QED) is 0.349. The molecule has 2 aromatic carbocycles. The molecule has 0 saturated carbocycles. The summed E-state index contributed by atoms with van der Waals surface area (Å²) in [4.78, 5) is 34.5. The number of nitrogens with one attached hydrogen (secondary N) is 1. The zero-order valence-corrected chi connectivity index (χ0v) is 23.3. The van der Waals surface area contributed by atoms with E-state index in [1.54, 1.807) is 36.1 Å². The van der Waals surface area contributed by atoms with Crippen LogP contribution in [0.15, 0.2) is 66.7 Å². The molecular weight excluding hydrogens is 549 g/mol. The SMILES string of the molecule is Cc1cccc(F)c1NC(=O)c1cc2c(s1)-c1ccccc1N(C(=O)c1cccc(CC3CS(=O)(=O)C3)n1)CC2. The number of nitrogens with zero attached hydrogens (tertiary/aromatic N) is 2. The summed E-state index contributed by atoms with van der Waals surface area (Å²) < 4.78 is 37.4. The molecule has 40 heavy (non-hydrogen) atoms. The van der Waals surface area contributed by atoms with E-state index in [2.05, 4.69) is 10.3 Å². The molecule has 0 radical (unpaired) electrons. The minimum atomic E-state index is -2.92. The Morgan fingerprint density at radius 1 is 1.07 bits per heavy atom. The maximum atomic E-state index is 14.3. The smallest absolute Gasteiger partial charge is 0.276 e. The van der Waals surface area contributed by atoms with Gasteiger partial charge >= 0.3 is 0 Å². The number of anilines is 2. The number of para-hydroxylation sites is 2. The molecule has 2 aliphatic rings. The van der Waals surface area contributed by atoms with Crippen LogP contribution in [0.4, 0.5) is 15.8 Å². The Hall–Kier alpha value is -3.89. The topological polar surface area (TPSA) is 96.4 Å². The standard InChI is InChI=1S/C30H26FN3O4S2/c1-18-6-4-9-23(31)27(18)33-29(35)26-15-20-12-13-34(25-11-3-2-8-22(25)28(20)39-26)30(36)24-10-5-7-21(32-24)14-19-16-40(37,38)17-19/h2-11,15,19H,12-14,16-17H2,1H3,(H,33,35). The summed E-state index contributed by atoms with van der Waals surface area (Å²) in [6.07, 6.45) is 1.04. The molecule has 1 N–H and O–H groups in total. The number of carbonyl (C=O) groups excluding carboxylic acids is 2. The van der Waals surface area contributed by atoms with Crippen LogP contribution in [-0.2, 0) is 22.7 Å². The largest absolute Gasteiger partial charge is 0.319 e. The molecule has 0 spiro atoms. The first-order chi connectivity index (χ1) is 19.2. The van der Waals surface area contributed by atoms with Gasteiger partial charge in [0.1, 0.15) is 11.5 Å².